The average Bonchev–Trinajstić information content (AvgIpc) is 1.84. The molecule has 0 spiro atoms. The van der Waals surface area contributed by atoms with E-state index in [-0.39, 0.29) is 28.1 Å². The van der Waals surface area contributed by atoms with Crippen LogP contribution in [0.5, 0.6) is 0 Å². The van der Waals surface area contributed by atoms with E-state index in [1.165, 1.54) is 6.92 Å². The number of aliphatic hydroxyl groups excluding tert-OH is 2. The number of hydrogen-bond acceptors (Lipinski definition) is 4. The molecule has 1 unspecified atom stereocenters. The summed E-state index contributed by atoms with van der Waals surface area (Å²) in [5.74, 6) is 0. The molecule has 0 saturated carbocycles. The number of hydrogen-bond donors (Lipinski definition) is 6. The molecule has 0 heterocycles. The molecule has 0 fully saturated rings. The Labute approximate surface area is 118 Å². The molecule has 0 saturated heterocycles. The Bertz CT molecular complexity index is 128. The molecule has 14 heavy (non-hydrogen) atoms. The van der Waals surface area contributed by atoms with Gasteiger partial charge < -0.3 is 21.7 Å². The Kier molecular flexibility index (Phi) is 34.0. The van der Waals surface area contributed by atoms with Gasteiger partial charge in [-0.05, 0) is 6.10 Å². The summed E-state index contributed by atoms with van der Waals surface area (Å²) >= 11 is 15.3. The maximum Gasteiger partial charge on any atom is 0.128 e. The second-order valence-electron chi connectivity index (χ2n) is 1.57. The Morgan fingerprint density at radius 3 is 1.36 bits per heavy atom. The van der Waals surface area contributed by atoms with Crippen LogP contribution in [0.2, 0.25) is 0 Å². The van der Waals surface area contributed by atoms with Crippen molar-refractivity contribution in [2.24, 2.45) is 11.5 Å². The zero-order valence-electron chi connectivity index (χ0n) is 7.62. The molecule has 0 radical (unpaired) electrons. The monoisotopic (exact) mass is 325 g/mol. The standard InChI is InChI=1S/C3H7O2.2CH3NS2.Zn/c1-3(5)2-4;2*2-1(3)4;/h2-5H,1H3;2*(H3,2,3,4);/q-1;;;. The van der Waals surface area contributed by atoms with Gasteiger partial charge in [-0.1, -0.05) is 31.4 Å². The molecule has 0 aliphatic carbocycles. The van der Waals surface area contributed by atoms with Gasteiger partial charge in [-0.2, -0.15) is 6.61 Å². The van der Waals surface area contributed by atoms with Crippen molar-refractivity contribution in [2.45, 2.75) is 13.0 Å². The number of aliphatic hydroxyl groups is 2. The van der Waals surface area contributed by atoms with Crippen LogP contribution in [0.25, 0.3) is 0 Å². The molecule has 6 N–H and O–H groups in total. The van der Waals surface area contributed by atoms with Gasteiger partial charge in [-0.3, -0.25) is 0 Å². The Morgan fingerprint density at radius 1 is 1.29 bits per heavy atom. The van der Waals surface area contributed by atoms with Crippen LogP contribution in [0.1, 0.15) is 6.92 Å². The van der Waals surface area contributed by atoms with Gasteiger partial charge in [0.15, 0.2) is 0 Å². The topological polar surface area (TPSA) is 92.5 Å². The van der Waals surface area contributed by atoms with Crippen LogP contribution in [0.15, 0.2) is 0 Å². The molecular formula is C5H13N2O2S4Zn-. The normalized spacial score (nSPS) is 8.93. The van der Waals surface area contributed by atoms with Crippen LogP contribution in [-0.2, 0) is 19.5 Å². The smallest absolute Gasteiger partial charge is 0.128 e. The van der Waals surface area contributed by atoms with Gasteiger partial charge in [0.1, 0.15) is 8.64 Å². The van der Waals surface area contributed by atoms with Crippen LogP contribution in [0.4, 0.5) is 0 Å². The van der Waals surface area contributed by atoms with Gasteiger partial charge in [-0.25, -0.2) is 0 Å². The van der Waals surface area contributed by atoms with Crippen molar-refractivity contribution in [3.8, 4) is 0 Å². The van der Waals surface area contributed by atoms with Gasteiger partial charge in [-0.15, -0.1) is 25.3 Å². The average molecular weight is 327 g/mol. The maximum absolute atomic E-state index is 8.06. The fourth-order valence-electron chi connectivity index (χ4n) is 0. The maximum atomic E-state index is 8.06. The summed E-state index contributed by atoms with van der Waals surface area (Å²) in [6.07, 6.45) is -0.685. The van der Waals surface area contributed by atoms with Crippen molar-refractivity contribution in [3.63, 3.8) is 0 Å². The second kappa shape index (κ2) is 19.6. The molecule has 0 rings (SSSR count). The van der Waals surface area contributed by atoms with Crippen molar-refractivity contribution in [3.05, 3.63) is 6.61 Å². The Morgan fingerprint density at radius 2 is 1.36 bits per heavy atom. The second-order valence-corrected chi connectivity index (χ2v) is 4.01. The molecular weight excluding hydrogens is 314 g/mol. The van der Waals surface area contributed by atoms with Crippen molar-refractivity contribution in [1.29, 1.82) is 0 Å². The van der Waals surface area contributed by atoms with Gasteiger partial charge in [0.25, 0.3) is 0 Å². The third-order valence-corrected chi connectivity index (χ3v) is 0.216. The zero-order chi connectivity index (χ0) is 11.4. The van der Waals surface area contributed by atoms with E-state index in [2.05, 4.69) is 49.7 Å². The van der Waals surface area contributed by atoms with Crippen molar-refractivity contribution >= 4 is 58.3 Å². The van der Waals surface area contributed by atoms with E-state index in [0.717, 1.165) is 6.61 Å². The van der Waals surface area contributed by atoms with Crippen molar-refractivity contribution < 1.29 is 29.7 Å². The zero-order valence-corrected chi connectivity index (χ0v) is 14.0. The summed E-state index contributed by atoms with van der Waals surface area (Å²) < 4.78 is 0.389. The third-order valence-electron chi connectivity index (χ3n) is 0.216. The van der Waals surface area contributed by atoms with Crippen LogP contribution >= 0.6 is 49.7 Å². The number of nitrogens with two attached hydrogens (primary N) is 2. The third kappa shape index (κ3) is 206. The fourth-order valence-corrected chi connectivity index (χ4v) is 0. The van der Waals surface area contributed by atoms with Crippen molar-refractivity contribution in [2.75, 3.05) is 0 Å². The van der Waals surface area contributed by atoms with E-state index in [0.29, 0.717) is 0 Å². The Hall–Kier alpha value is 1.02. The van der Waals surface area contributed by atoms with E-state index in [9.17, 15) is 0 Å². The summed E-state index contributed by atoms with van der Waals surface area (Å²) in [6.45, 7) is 2.19. The molecule has 0 bridgehead atoms. The predicted molar refractivity (Wildman–Crippen MR) is 69.5 cm³/mol. The van der Waals surface area contributed by atoms with E-state index >= 15 is 0 Å². The van der Waals surface area contributed by atoms with E-state index in [1.807, 2.05) is 0 Å². The summed E-state index contributed by atoms with van der Waals surface area (Å²) in [5.41, 5.74) is 9.41. The fraction of sp³-hybridized carbons (Fsp3) is 0.400. The molecule has 0 aliphatic heterocycles. The van der Waals surface area contributed by atoms with Crippen LogP contribution < -0.4 is 11.5 Å². The molecule has 0 aliphatic rings. The summed E-state index contributed by atoms with van der Waals surface area (Å²) in [7, 11) is 0. The SMILES string of the molecule is CC(O)[CH-]O.NC(=S)S.NC(=S)S.[Zn]. The van der Waals surface area contributed by atoms with Gasteiger partial charge in [0.05, 0.1) is 0 Å². The minimum absolute atomic E-state index is 0. The van der Waals surface area contributed by atoms with Crippen molar-refractivity contribution in [1.82, 2.24) is 0 Å². The minimum atomic E-state index is -0.685. The minimum Gasteiger partial charge on any atom is -0.564 e. The van der Waals surface area contributed by atoms with Gasteiger partial charge in [0, 0.05) is 19.5 Å². The number of thiocarbonyl (C=S) groups is 2. The largest absolute Gasteiger partial charge is 0.564 e. The number of rotatable bonds is 1. The van der Waals surface area contributed by atoms with E-state index < -0.39 is 6.10 Å². The van der Waals surface area contributed by atoms with E-state index in [4.69, 9.17) is 21.7 Å². The van der Waals surface area contributed by atoms with Crippen LogP contribution in [-0.4, -0.2) is 25.0 Å². The van der Waals surface area contributed by atoms with Gasteiger partial charge >= 0.3 is 0 Å². The molecule has 0 aromatic rings. The predicted octanol–water partition coefficient (Wildman–Crippen LogP) is 0.219. The molecule has 4 nitrogen and oxygen atoms in total. The molecule has 1 atom stereocenters. The first-order valence-electron chi connectivity index (χ1n) is 2.86. The molecule has 9 heteroatoms. The molecule has 82 valence electrons. The van der Waals surface area contributed by atoms with Gasteiger partial charge in [0.2, 0.25) is 0 Å². The molecule has 0 amide bonds. The summed E-state index contributed by atoms with van der Waals surface area (Å²) in [5, 5.41) is 15.8. The summed E-state index contributed by atoms with van der Waals surface area (Å²) in [6, 6.07) is 0. The first kappa shape index (κ1) is 24.3. The molecule has 0 aromatic carbocycles. The molecule has 0 aromatic heterocycles. The summed E-state index contributed by atoms with van der Waals surface area (Å²) in [4.78, 5) is 0. The van der Waals surface area contributed by atoms with Crippen LogP contribution in [0, 0.1) is 6.61 Å². The number of thiol groups is 2. The first-order chi connectivity index (χ1) is 5.73. The first-order valence-corrected chi connectivity index (χ1v) is 4.57. The quantitative estimate of drug-likeness (QED) is 0.179. The van der Waals surface area contributed by atoms with E-state index in [1.54, 1.807) is 0 Å². The van der Waals surface area contributed by atoms with Crippen LogP contribution in [0.3, 0.4) is 0 Å². The Balaban J connectivity index is -0.0000000522.